The van der Waals surface area contributed by atoms with Gasteiger partial charge in [-0.25, -0.2) is 0 Å². The molecular weight excluding hydrogens is 595 g/mol. The van der Waals surface area contributed by atoms with Gasteiger partial charge in [-0.1, -0.05) is 73.2 Å². The number of nitrogens with one attached hydrogen (secondary N) is 3. The van der Waals surface area contributed by atoms with Gasteiger partial charge in [0, 0.05) is 33.5 Å². The zero-order valence-electron chi connectivity index (χ0n) is 25.9. The Labute approximate surface area is 273 Å². The number of aryl methyl sites for hydroxylation is 3. The number of anilines is 2. The van der Waals surface area contributed by atoms with Crippen molar-refractivity contribution in [1.29, 1.82) is 0 Å². The normalized spacial score (nSPS) is 11.2. The number of hydrogen-bond donors (Lipinski definition) is 3. The summed E-state index contributed by atoms with van der Waals surface area (Å²) in [5.74, 6) is 0.285. The average Bonchev–Trinajstić information content (AvgIpc) is 3.54. The fourth-order valence-corrected chi connectivity index (χ4v) is 5.45. The molecule has 4 aromatic carbocycles. The van der Waals surface area contributed by atoms with Crippen LogP contribution in [0, 0.1) is 13.8 Å². The Morgan fingerprint density at radius 1 is 0.783 bits per heavy atom. The van der Waals surface area contributed by atoms with Gasteiger partial charge in [-0.05, 0) is 79.9 Å². The van der Waals surface area contributed by atoms with Gasteiger partial charge in [-0.15, -0.1) is 11.8 Å². The van der Waals surface area contributed by atoms with E-state index in [4.69, 9.17) is 4.42 Å². The van der Waals surface area contributed by atoms with Crippen molar-refractivity contribution in [2.45, 2.75) is 32.1 Å². The van der Waals surface area contributed by atoms with E-state index >= 15 is 0 Å². The second-order valence-corrected chi connectivity index (χ2v) is 11.8. The molecule has 3 amide bonds. The number of rotatable bonds is 11. The molecule has 1 heterocycles. The summed E-state index contributed by atoms with van der Waals surface area (Å²) in [7, 11) is 0. The zero-order valence-corrected chi connectivity index (χ0v) is 26.7. The van der Waals surface area contributed by atoms with Crippen LogP contribution in [0.25, 0.3) is 17.4 Å². The minimum Gasteiger partial charge on any atom is -0.457 e. The summed E-state index contributed by atoms with van der Waals surface area (Å²) in [4.78, 5) is 40.0. The molecule has 0 bridgehead atoms. The summed E-state index contributed by atoms with van der Waals surface area (Å²) in [6.45, 7) is 6.07. The van der Waals surface area contributed by atoms with Crippen molar-refractivity contribution in [3.8, 4) is 11.3 Å². The Morgan fingerprint density at radius 2 is 1.52 bits per heavy atom. The highest BCUT2D eigenvalue weighted by molar-refractivity contribution is 8.00. The number of amides is 3. The number of furan rings is 1. The Hall–Kier alpha value is -5.34. The van der Waals surface area contributed by atoms with E-state index in [2.05, 4.69) is 22.9 Å². The van der Waals surface area contributed by atoms with E-state index in [1.807, 2.05) is 80.6 Å². The summed E-state index contributed by atoms with van der Waals surface area (Å²) >= 11 is 1.40. The first-order valence-corrected chi connectivity index (χ1v) is 15.9. The lowest BCUT2D eigenvalue weighted by Gasteiger charge is -2.13. The number of hydrogen-bond acceptors (Lipinski definition) is 5. The second-order valence-electron chi connectivity index (χ2n) is 10.7. The van der Waals surface area contributed by atoms with Crippen LogP contribution < -0.4 is 16.0 Å². The van der Waals surface area contributed by atoms with Crippen molar-refractivity contribution >= 4 is 46.9 Å². The van der Waals surface area contributed by atoms with E-state index in [0.717, 1.165) is 39.3 Å². The van der Waals surface area contributed by atoms with Gasteiger partial charge in [-0.3, -0.25) is 14.4 Å². The molecule has 0 aliphatic carbocycles. The summed E-state index contributed by atoms with van der Waals surface area (Å²) in [6.07, 6.45) is 2.34. The molecule has 8 heteroatoms. The highest BCUT2D eigenvalue weighted by Crippen LogP contribution is 2.26. The molecule has 0 saturated carbocycles. The van der Waals surface area contributed by atoms with Crippen LogP contribution in [0.1, 0.15) is 39.7 Å². The zero-order chi connectivity index (χ0) is 32.5. The van der Waals surface area contributed by atoms with E-state index in [0.29, 0.717) is 22.8 Å². The fraction of sp³-hybridized carbons (Fsp3) is 0.132. The van der Waals surface area contributed by atoms with Gasteiger partial charge in [0.2, 0.25) is 5.91 Å². The molecule has 0 fully saturated rings. The van der Waals surface area contributed by atoms with Crippen LogP contribution in [0.3, 0.4) is 0 Å². The highest BCUT2D eigenvalue weighted by atomic mass is 32.2. The standard InChI is InChI=1S/C38H35N3O4S/c1-4-27-12-8-9-26(3)36(27)41-35(42)24-46-32-20-17-30(18-21-32)39-38(44)33(40-37(43)29-10-6-5-7-11-29)23-31-19-22-34(45-31)28-15-13-25(2)14-16-28/h5-23H,4,24H2,1-3H3,(H,39,44)(H,40,43)(H,41,42)/b33-23-. The van der Waals surface area contributed by atoms with Crippen LogP contribution in [0.15, 0.2) is 124 Å². The van der Waals surface area contributed by atoms with Crippen molar-refractivity contribution in [2.24, 2.45) is 0 Å². The minimum absolute atomic E-state index is 0.0245. The minimum atomic E-state index is -0.512. The summed E-state index contributed by atoms with van der Waals surface area (Å²) < 4.78 is 6.00. The topological polar surface area (TPSA) is 100 Å². The molecule has 1 aromatic heterocycles. The number of carbonyl (C=O) groups excluding carboxylic acids is 3. The van der Waals surface area contributed by atoms with Crippen molar-refractivity contribution in [2.75, 3.05) is 16.4 Å². The third-order valence-corrected chi connectivity index (χ3v) is 8.28. The quantitative estimate of drug-likeness (QED) is 0.101. The van der Waals surface area contributed by atoms with Crippen LogP contribution in [0.4, 0.5) is 11.4 Å². The van der Waals surface area contributed by atoms with E-state index in [-0.39, 0.29) is 17.4 Å². The van der Waals surface area contributed by atoms with Gasteiger partial charge in [0.25, 0.3) is 11.8 Å². The molecule has 0 radical (unpaired) electrons. The van der Waals surface area contributed by atoms with Crippen molar-refractivity contribution in [3.05, 3.63) is 143 Å². The Morgan fingerprint density at radius 3 is 2.24 bits per heavy atom. The lowest BCUT2D eigenvalue weighted by Crippen LogP contribution is -2.30. The summed E-state index contributed by atoms with van der Waals surface area (Å²) in [5, 5.41) is 8.64. The molecular formula is C38H35N3O4S. The number of benzene rings is 4. The van der Waals surface area contributed by atoms with Crippen LogP contribution >= 0.6 is 11.8 Å². The van der Waals surface area contributed by atoms with Gasteiger partial charge < -0.3 is 20.4 Å². The van der Waals surface area contributed by atoms with Crippen LogP contribution in [-0.2, 0) is 16.0 Å². The first kappa shape index (κ1) is 32.1. The molecule has 0 aliphatic heterocycles. The predicted molar refractivity (Wildman–Crippen MR) is 186 cm³/mol. The SMILES string of the molecule is CCc1cccc(C)c1NC(=O)CSc1ccc(NC(=O)/C(=C/c2ccc(-c3ccc(C)cc3)o2)NC(=O)c2ccccc2)cc1. The first-order chi connectivity index (χ1) is 22.3. The molecule has 0 atom stereocenters. The van der Waals surface area contributed by atoms with E-state index in [1.54, 1.807) is 42.5 Å². The Balaban J connectivity index is 1.26. The maximum Gasteiger partial charge on any atom is 0.272 e. The molecule has 5 rings (SSSR count). The highest BCUT2D eigenvalue weighted by Gasteiger charge is 2.17. The predicted octanol–water partition coefficient (Wildman–Crippen LogP) is 8.27. The third-order valence-electron chi connectivity index (χ3n) is 7.26. The maximum absolute atomic E-state index is 13.5. The number of thioether (sulfide) groups is 1. The third kappa shape index (κ3) is 8.43. The molecule has 0 aliphatic rings. The van der Waals surface area contributed by atoms with E-state index < -0.39 is 11.8 Å². The molecule has 0 unspecified atom stereocenters. The number of carbonyl (C=O) groups is 3. The first-order valence-electron chi connectivity index (χ1n) is 15.0. The smallest absolute Gasteiger partial charge is 0.272 e. The molecule has 0 spiro atoms. The summed E-state index contributed by atoms with van der Waals surface area (Å²) in [6, 6.07) is 33.4. The van der Waals surface area contributed by atoms with Gasteiger partial charge in [-0.2, -0.15) is 0 Å². The van der Waals surface area contributed by atoms with Crippen molar-refractivity contribution < 1.29 is 18.8 Å². The maximum atomic E-state index is 13.5. The van der Waals surface area contributed by atoms with E-state index in [9.17, 15) is 14.4 Å². The largest absolute Gasteiger partial charge is 0.457 e. The van der Waals surface area contributed by atoms with Crippen LogP contribution in [0.5, 0.6) is 0 Å². The number of para-hydroxylation sites is 1. The summed E-state index contributed by atoms with van der Waals surface area (Å²) in [5.41, 5.74) is 6.02. The molecule has 0 saturated heterocycles. The lowest BCUT2D eigenvalue weighted by atomic mass is 10.1. The molecule has 232 valence electrons. The lowest BCUT2D eigenvalue weighted by molar-refractivity contribution is -0.114. The molecule has 46 heavy (non-hydrogen) atoms. The van der Waals surface area contributed by atoms with Gasteiger partial charge in [0.15, 0.2) is 0 Å². The Bertz CT molecular complexity index is 1860. The van der Waals surface area contributed by atoms with Crippen molar-refractivity contribution in [1.82, 2.24) is 5.32 Å². The van der Waals surface area contributed by atoms with Crippen LogP contribution in [0.2, 0.25) is 0 Å². The van der Waals surface area contributed by atoms with Gasteiger partial charge in [0.1, 0.15) is 17.2 Å². The molecule has 7 nitrogen and oxygen atoms in total. The average molecular weight is 630 g/mol. The molecule has 3 N–H and O–H groups in total. The fourth-order valence-electron chi connectivity index (χ4n) is 4.75. The monoisotopic (exact) mass is 629 g/mol. The van der Waals surface area contributed by atoms with Gasteiger partial charge >= 0.3 is 0 Å². The van der Waals surface area contributed by atoms with Gasteiger partial charge in [0.05, 0.1) is 5.75 Å². The van der Waals surface area contributed by atoms with Crippen molar-refractivity contribution in [3.63, 3.8) is 0 Å². The molecule has 5 aromatic rings. The van der Waals surface area contributed by atoms with E-state index in [1.165, 1.54) is 17.8 Å². The van der Waals surface area contributed by atoms with Crippen LogP contribution in [-0.4, -0.2) is 23.5 Å². The second kappa shape index (κ2) is 15.1. The Kier molecular flexibility index (Phi) is 10.5.